The van der Waals surface area contributed by atoms with E-state index in [0.717, 1.165) is 0 Å². The Hall–Kier alpha value is -3.81. The fraction of sp³-hybridized carbons (Fsp3) is 0.500. The second-order valence-electron chi connectivity index (χ2n) is 8.48. The number of carbonyl (C=O) groups is 1. The van der Waals surface area contributed by atoms with Crippen LogP contribution < -0.4 is 15.0 Å². The molecule has 2 aromatic heterocycles. The first kappa shape index (κ1) is 23.9. The van der Waals surface area contributed by atoms with Crippen LogP contribution >= 0.6 is 0 Å². The summed E-state index contributed by atoms with van der Waals surface area (Å²) in [5.74, 6) is 0.412. The Morgan fingerprint density at radius 3 is 2.50 bits per heavy atom. The van der Waals surface area contributed by atoms with Gasteiger partial charge in [0.2, 0.25) is 17.8 Å². The number of imidazole rings is 1. The molecule has 2 aliphatic heterocycles. The minimum atomic E-state index is -2.89. The van der Waals surface area contributed by atoms with E-state index in [1.165, 1.54) is 16.6 Å². The van der Waals surface area contributed by atoms with E-state index in [1.54, 1.807) is 18.2 Å². The first-order valence-corrected chi connectivity index (χ1v) is 11.6. The van der Waals surface area contributed by atoms with E-state index in [2.05, 4.69) is 25.3 Å². The van der Waals surface area contributed by atoms with Gasteiger partial charge >= 0.3 is 6.09 Å². The lowest BCUT2D eigenvalue weighted by molar-refractivity contribution is 0.122. The summed E-state index contributed by atoms with van der Waals surface area (Å²) in [5.41, 5.74) is 0.656. The molecule has 0 bridgehead atoms. The molecule has 1 aromatic carbocycles. The topological polar surface area (TPSA) is 131 Å². The van der Waals surface area contributed by atoms with Gasteiger partial charge in [0.15, 0.2) is 5.82 Å². The zero-order valence-electron chi connectivity index (χ0n) is 19.6. The average Bonchev–Trinajstić information content (AvgIpc) is 3.30. The zero-order chi connectivity index (χ0) is 25.2. The molecule has 0 radical (unpaired) electrons. The zero-order valence-corrected chi connectivity index (χ0v) is 19.6. The molecule has 2 N–H and O–H groups in total. The van der Waals surface area contributed by atoms with Gasteiger partial charge in [-0.1, -0.05) is 6.07 Å². The highest BCUT2D eigenvalue weighted by molar-refractivity contribution is 5.84. The van der Waals surface area contributed by atoms with Crippen molar-refractivity contribution in [2.75, 3.05) is 56.7 Å². The molecule has 3 aromatic rings. The molecule has 1 amide bonds. The Kier molecular flexibility index (Phi) is 6.67. The van der Waals surface area contributed by atoms with Crippen LogP contribution in [0.3, 0.4) is 0 Å². The minimum Gasteiger partial charge on any atom is -0.494 e. The standard InChI is InChI=1S/C22H26F2N8O4/c1-35-15-4-2-3-14-16(15)26-18(17(23)24)32(14)21-28-19(25-13-5-7-31(8-6-13)22(33)34)27-20(29-21)30-9-11-36-12-10-30/h2-4,13,17H,5-12H2,1H3,(H,33,34)(H,25,27,28,29). The third kappa shape index (κ3) is 4.67. The highest BCUT2D eigenvalue weighted by atomic mass is 19.3. The number of methoxy groups -OCH3 is 1. The minimum absolute atomic E-state index is 0.00279. The molecule has 0 aliphatic carbocycles. The van der Waals surface area contributed by atoms with Crippen molar-refractivity contribution in [3.63, 3.8) is 0 Å². The van der Waals surface area contributed by atoms with Crippen molar-refractivity contribution >= 4 is 29.0 Å². The molecule has 4 heterocycles. The number of piperidine rings is 1. The molecule has 0 unspecified atom stereocenters. The number of fused-ring (bicyclic) bond motifs is 1. The lowest BCUT2D eigenvalue weighted by atomic mass is 10.1. The summed E-state index contributed by atoms with van der Waals surface area (Å²) in [6.45, 7) is 2.82. The van der Waals surface area contributed by atoms with Gasteiger partial charge < -0.3 is 29.7 Å². The van der Waals surface area contributed by atoms with E-state index < -0.39 is 18.3 Å². The maximum atomic E-state index is 14.1. The Morgan fingerprint density at radius 2 is 1.83 bits per heavy atom. The van der Waals surface area contributed by atoms with Gasteiger partial charge in [-0.15, -0.1) is 0 Å². The molecule has 5 rings (SSSR count). The molecule has 192 valence electrons. The van der Waals surface area contributed by atoms with E-state index in [-0.39, 0.29) is 23.5 Å². The number of aromatic nitrogens is 5. The molecular weight excluding hydrogens is 478 g/mol. The number of ether oxygens (including phenoxy) is 2. The van der Waals surface area contributed by atoms with Crippen molar-refractivity contribution < 1.29 is 28.2 Å². The van der Waals surface area contributed by atoms with E-state index in [4.69, 9.17) is 9.47 Å². The molecule has 14 heteroatoms. The Labute approximate surface area is 204 Å². The quantitative estimate of drug-likeness (QED) is 0.516. The number of hydrogen-bond acceptors (Lipinski definition) is 9. The molecule has 0 spiro atoms. The summed E-state index contributed by atoms with van der Waals surface area (Å²) in [6, 6.07) is 4.91. The predicted octanol–water partition coefficient (Wildman–Crippen LogP) is 2.55. The Morgan fingerprint density at radius 1 is 1.11 bits per heavy atom. The highest BCUT2D eigenvalue weighted by Crippen LogP contribution is 2.32. The van der Waals surface area contributed by atoms with Gasteiger partial charge in [0.1, 0.15) is 11.3 Å². The monoisotopic (exact) mass is 504 g/mol. The summed E-state index contributed by atoms with van der Waals surface area (Å²) in [4.78, 5) is 32.3. The fourth-order valence-corrected chi connectivity index (χ4v) is 4.43. The number of alkyl halides is 2. The smallest absolute Gasteiger partial charge is 0.407 e. The third-order valence-electron chi connectivity index (χ3n) is 6.29. The summed E-state index contributed by atoms with van der Waals surface area (Å²) < 4.78 is 40.2. The van der Waals surface area contributed by atoms with Gasteiger partial charge in [0.25, 0.3) is 6.43 Å². The number of rotatable bonds is 6. The number of benzene rings is 1. The van der Waals surface area contributed by atoms with E-state index in [1.807, 2.05) is 4.90 Å². The third-order valence-corrected chi connectivity index (χ3v) is 6.29. The number of likely N-dealkylation sites (tertiary alicyclic amines) is 1. The van der Waals surface area contributed by atoms with Gasteiger partial charge in [-0.2, -0.15) is 15.0 Å². The number of hydrogen-bond donors (Lipinski definition) is 2. The maximum Gasteiger partial charge on any atom is 0.407 e. The Bertz CT molecular complexity index is 1240. The van der Waals surface area contributed by atoms with E-state index in [9.17, 15) is 18.7 Å². The molecule has 2 aliphatic rings. The second kappa shape index (κ2) is 10.0. The van der Waals surface area contributed by atoms with Gasteiger partial charge in [0, 0.05) is 32.2 Å². The molecule has 12 nitrogen and oxygen atoms in total. The summed E-state index contributed by atoms with van der Waals surface area (Å²) in [6.07, 6.45) is -2.71. The molecule has 2 fully saturated rings. The van der Waals surface area contributed by atoms with Crippen LogP contribution in [0.25, 0.3) is 17.0 Å². The van der Waals surface area contributed by atoms with Crippen molar-refractivity contribution in [1.82, 2.24) is 29.4 Å². The van der Waals surface area contributed by atoms with Crippen LogP contribution in [0.2, 0.25) is 0 Å². The van der Waals surface area contributed by atoms with Gasteiger partial charge in [-0.3, -0.25) is 4.57 Å². The predicted molar refractivity (Wildman–Crippen MR) is 125 cm³/mol. The van der Waals surface area contributed by atoms with Crippen LogP contribution in [0.15, 0.2) is 18.2 Å². The molecule has 2 saturated heterocycles. The van der Waals surface area contributed by atoms with Crippen molar-refractivity contribution in [3.05, 3.63) is 24.0 Å². The van der Waals surface area contributed by atoms with Crippen LogP contribution in [0.5, 0.6) is 5.75 Å². The fourth-order valence-electron chi connectivity index (χ4n) is 4.43. The molecule has 0 saturated carbocycles. The average molecular weight is 504 g/mol. The molecule has 36 heavy (non-hydrogen) atoms. The number of halogens is 2. The SMILES string of the molecule is COc1cccc2c1nc(C(F)F)n2-c1nc(NC2CCN(C(=O)O)CC2)nc(N2CCOCC2)n1. The Balaban J connectivity index is 1.57. The number of nitrogens with zero attached hydrogens (tertiary/aromatic N) is 7. The van der Waals surface area contributed by atoms with Gasteiger partial charge in [0.05, 0.1) is 25.8 Å². The molecule has 0 atom stereocenters. The maximum absolute atomic E-state index is 14.1. The van der Waals surface area contributed by atoms with Crippen molar-refractivity contribution in [1.29, 1.82) is 0 Å². The number of anilines is 2. The van der Waals surface area contributed by atoms with Crippen LogP contribution in [0.4, 0.5) is 25.5 Å². The lowest BCUT2D eigenvalue weighted by Gasteiger charge is -2.31. The van der Waals surface area contributed by atoms with Crippen LogP contribution in [0, 0.1) is 0 Å². The molecular formula is C22H26F2N8O4. The first-order chi connectivity index (χ1) is 17.4. The van der Waals surface area contributed by atoms with Crippen LogP contribution in [0.1, 0.15) is 25.1 Å². The summed E-state index contributed by atoms with van der Waals surface area (Å²) >= 11 is 0. The van der Waals surface area contributed by atoms with Crippen molar-refractivity contribution in [2.24, 2.45) is 0 Å². The number of morpholine rings is 1. The number of nitrogens with one attached hydrogen (secondary N) is 1. The first-order valence-electron chi connectivity index (χ1n) is 11.6. The van der Waals surface area contributed by atoms with Crippen LogP contribution in [-0.2, 0) is 4.74 Å². The van der Waals surface area contributed by atoms with Crippen LogP contribution in [-0.4, -0.2) is 93.1 Å². The second-order valence-corrected chi connectivity index (χ2v) is 8.48. The van der Waals surface area contributed by atoms with Gasteiger partial charge in [-0.05, 0) is 25.0 Å². The lowest BCUT2D eigenvalue weighted by Crippen LogP contribution is -2.42. The van der Waals surface area contributed by atoms with Gasteiger partial charge in [-0.25, -0.2) is 18.6 Å². The van der Waals surface area contributed by atoms with Crippen molar-refractivity contribution in [2.45, 2.75) is 25.3 Å². The summed E-state index contributed by atoms with van der Waals surface area (Å²) in [7, 11) is 1.45. The number of para-hydroxylation sites is 1. The van der Waals surface area contributed by atoms with Crippen molar-refractivity contribution in [3.8, 4) is 11.7 Å². The van der Waals surface area contributed by atoms with E-state index >= 15 is 0 Å². The largest absolute Gasteiger partial charge is 0.494 e. The number of amides is 1. The number of carboxylic acid groups (broad SMARTS) is 1. The summed E-state index contributed by atoms with van der Waals surface area (Å²) in [5, 5.41) is 12.5. The highest BCUT2D eigenvalue weighted by Gasteiger charge is 2.27. The normalized spacial score (nSPS) is 17.1. The van der Waals surface area contributed by atoms with E-state index in [0.29, 0.717) is 69.4 Å².